The molecule has 0 bridgehead atoms. The number of quaternary nitrogens is 1. The van der Waals surface area contributed by atoms with Crippen LogP contribution < -0.4 is 21.1 Å². The molecule has 4 N–H and O–H groups in total. The minimum absolute atomic E-state index is 0.182. The van der Waals surface area contributed by atoms with Gasteiger partial charge >= 0.3 is 0 Å². The van der Waals surface area contributed by atoms with Crippen LogP contribution in [-0.2, 0) is 0 Å². The molecular weight excluding hydrogens is 206 g/mol. The van der Waals surface area contributed by atoms with Crippen molar-refractivity contribution in [3.05, 3.63) is 23.8 Å². The van der Waals surface area contributed by atoms with Crippen molar-refractivity contribution >= 4 is 17.3 Å². The number of carboxylic acid groups (broad SMARTS) is 1. The minimum Gasteiger partial charge on any atom is -0.545 e. The molecule has 0 radical (unpaired) electrons. The molecule has 0 aromatic heterocycles. The smallest absolute Gasteiger partial charge is 0.0934 e. The van der Waals surface area contributed by atoms with E-state index in [-0.39, 0.29) is 5.56 Å². The van der Waals surface area contributed by atoms with Crippen LogP contribution in [0.3, 0.4) is 0 Å². The first-order valence-corrected chi connectivity index (χ1v) is 5.36. The van der Waals surface area contributed by atoms with Gasteiger partial charge in [0.15, 0.2) is 0 Å². The summed E-state index contributed by atoms with van der Waals surface area (Å²) in [6, 6.07) is 4.90. The van der Waals surface area contributed by atoms with E-state index in [4.69, 9.17) is 5.73 Å². The summed E-state index contributed by atoms with van der Waals surface area (Å²) in [4.78, 5) is 13.0. The molecule has 1 heterocycles. The number of hydrogen-bond donors (Lipinski definition) is 2. The Hall–Kier alpha value is -1.75. The zero-order valence-corrected chi connectivity index (χ0v) is 8.98. The molecule has 0 unspecified atom stereocenters. The van der Waals surface area contributed by atoms with E-state index in [1.807, 2.05) is 4.90 Å². The molecule has 1 aromatic carbocycles. The highest BCUT2D eigenvalue weighted by Gasteiger charge is 2.18. The first kappa shape index (κ1) is 10.8. The number of nitrogens with zero attached hydrogens (tertiary/aromatic N) is 1. The molecule has 5 nitrogen and oxygen atoms in total. The van der Waals surface area contributed by atoms with E-state index >= 15 is 0 Å². The standard InChI is InChI=1S/C11H15N3O2/c12-9-3-1-2-8(11(15)16)10(9)14-6-4-13-5-7-14/h1-3,13H,4-7,12H2,(H,15,16). The molecule has 5 heteroatoms. The van der Waals surface area contributed by atoms with Gasteiger partial charge in [0, 0.05) is 5.56 Å². The molecule has 1 aliphatic heterocycles. The molecule has 86 valence electrons. The largest absolute Gasteiger partial charge is 0.545 e. The maximum absolute atomic E-state index is 11.0. The lowest BCUT2D eigenvalue weighted by molar-refractivity contribution is -0.655. The zero-order valence-electron chi connectivity index (χ0n) is 8.98. The first-order chi connectivity index (χ1) is 7.70. The summed E-state index contributed by atoms with van der Waals surface area (Å²) < 4.78 is 0. The number of piperazine rings is 1. The Morgan fingerprint density at radius 1 is 1.38 bits per heavy atom. The van der Waals surface area contributed by atoms with Gasteiger partial charge in [-0.3, -0.25) is 0 Å². The second kappa shape index (κ2) is 4.40. The Kier molecular flexibility index (Phi) is 2.96. The van der Waals surface area contributed by atoms with Crippen molar-refractivity contribution in [3.63, 3.8) is 0 Å². The van der Waals surface area contributed by atoms with Crippen molar-refractivity contribution in [3.8, 4) is 0 Å². The van der Waals surface area contributed by atoms with Gasteiger partial charge in [-0.15, -0.1) is 0 Å². The lowest BCUT2D eigenvalue weighted by Gasteiger charge is -2.30. The number of nitrogens with two attached hydrogens (primary N) is 2. The van der Waals surface area contributed by atoms with Crippen molar-refractivity contribution in [2.75, 3.05) is 36.8 Å². The average Bonchev–Trinajstić information content (AvgIpc) is 2.29. The lowest BCUT2D eigenvalue weighted by Crippen LogP contribution is -2.89. The van der Waals surface area contributed by atoms with Gasteiger partial charge in [-0.1, -0.05) is 12.1 Å². The third-order valence-electron chi connectivity index (χ3n) is 2.81. The monoisotopic (exact) mass is 221 g/mol. The summed E-state index contributed by atoms with van der Waals surface area (Å²) in [5.74, 6) is -1.17. The van der Waals surface area contributed by atoms with Crippen LogP contribution in [0.25, 0.3) is 0 Å². The van der Waals surface area contributed by atoms with Crippen LogP contribution >= 0.6 is 0 Å². The number of anilines is 2. The van der Waals surface area contributed by atoms with E-state index in [2.05, 4.69) is 5.32 Å². The number of carbonyl (C=O) groups is 1. The predicted octanol–water partition coefficient (Wildman–Crippen LogP) is -1.98. The highest BCUT2D eigenvalue weighted by molar-refractivity contribution is 5.96. The normalized spacial score (nSPS) is 16.1. The minimum atomic E-state index is -1.17. The average molecular weight is 221 g/mol. The second-order valence-corrected chi connectivity index (χ2v) is 3.88. The topological polar surface area (TPSA) is 86.0 Å². The van der Waals surface area contributed by atoms with Crippen LogP contribution in [0.4, 0.5) is 11.4 Å². The van der Waals surface area contributed by atoms with Gasteiger partial charge in [0.05, 0.1) is 43.5 Å². The first-order valence-electron chi connectivity index (χ1n) is 5.36. The predicted molar refractivity (Wildman–Crippen MR) is 59.1 cm³/mol. The Bertz CT molecular complexity index is 400. The van der Waals surface area contributed by atoms with Crippen molar-refractivity contribution in [2.24, 2.45) is 0 Å². The molecule has 0 saturated carbocycles. The molecule has 1 aliphatic rings. The van der Waals surface area contributed by atoms with Crippen molar-refractivity contribution in [1.82, 2.24) is 0 Å². The molecule has 1 fully saturated rings. The van der Waals surface area contributed by atoms with E-state index < -0.39 is 5.97 Å². The molecule has 0 atom stereocenters. The molecule has 1 aromatic rings. The van der Waals surface area contributed by atoms with Crippen molar-refractivity contribution in [1.29, 1.82) is 0 Å². The maximum atomic E-state index is 11.0. The van der Waals surface area contributed by atoms with Crippen molar-refractivity contribution < 1.29 is 15.2 Å². The van der Waals surface area contributed by atoms with Gasteiger partial charge in [-0.25, -0.2) is 0 Å². The van der Waals surface area contributed by atoms with Crippen LogP contribution in [0.2, 0.25) is 0 Å². The fourth-order valence-electron chi connectivity index (χ4n) is 2.05. The highest BCUT2D eigenvalue weighted by atomic mass is 16.4. The number of aromatic carboxylic acids is 1. The molecule has 0 aliphatic carbocycles. The van der Waals surface area contributed by atoms with E-state index in [1.54, 1.807) is 18.2 Å². The lowest BCUT2D eigenvalue weighted by atomic mass is 10.1. The van der Waals surface area contributed by atoms with E-state index in [0.29, 0.717) is 11.4 Å². The number of carbonyl (C=O) groups excluding carboxylic acids is 1. The maximum Gasteiger partial charge on any atom is 0.0934 e. The summed E-state index contributed by atoms with van der Waals surface area (Å²) in [6.07, 6.45) is 0. The van der Waals surface area contributed by atoms with Gasteiger partial charge in [-0.05, 0) is 6.07 Å². The quantitative estimate of drug-likeness (QED) is 0.566. The van der Waals surface area contributed by atoms with Gasteiger partial charge in [0.2, 0.25) is 0 Å². The Morgan fingerprint density at radius 3 is 2.69 bits per heavy atom. The fraction of sp³-hybridized carbons (Fsp3) is 0.364. The van der Waals surface area contributed by atoms with Crippen LogP contribution in [0, 0.1) is 0 Å². The SMILES string of the molecule is Nc1cccc(C(=O)[O-])c1N1CC[NH2+]CC1. The van der Waals surface area contributed by atoms with E-state index in [0.717, 1.165) is 26.2 Å². The Morgan fingerprint density at radius 2 is 2.06 bits per heavy atom. The van der Waals surface area contributed by atoms with Gasteiger partial charge in [0.25, 0.3) is 0 Å². The Balaban J connectivity index is 2.40. The van der Waals surface area contributed by atoms with Crippen LogP contribution in [0.5, 0.6) is 0 Å². The number of rotatable bonds is 2. The highest BCUT2D eigenvalue weighted by Crippen LogP contribution is 2.27. The van der Waals surface area contributed by atoms with Crippen LogP contribution in [-0.4, -0.2) is 32.1 Å². The summed E-state index contributed by atoms with van der Waals surface area (Å²) in [7, 11) is 0. The van der Waals surface area contributed by atoms with Gasteiger partial charge in [-0.2, -0.15) is 0 Å². The van der Waals surface area contributed by atoms with Crippen LogP contribution in [0.15, 0.2) is 18.2 Å². The summed E-state index contributed by atoms with van der Waals surface area (Å²) in [6.45, 7) is 3.55. The molecule has 0 spiro atoms. The number of carboxylic acids is 1. The number of nitrogen functional groups attached to an aromatic ring is 1. The zero-order chi connectivity index (χ0) is 11.5. The third kappa shape index (κ3) is 1.94. The summed E-state index contributed by atoms with van der Waals surface area (Å²) in [5.41, 5.74) is 7.14. The summed E-state index contributed by atoms with van der Waals surface area (Å²) in [5, 5.41) is 13.2. The molecule has 1 saturated heterocycles. The molecule has 2 rings (SSSR count). The molecule has 0 amide bonds. The molecule has 16 heavy (non-hydrogen) atoms. The number of benzene rings is 1. The van der Waals surface area contributed by atoms with E-state index in [1.165, 1.54) is 0 Å². The van der Waals surface area contributed by atoms with Gasteiger partial charge in [0.1, 0.15) is 0 Å². The third-order valence-corrected chi connectivity index (χ3v) is 2.81. The number of para-hydroxylation sites is 1. The van der Waals surface area contributed by atoms with Gasteiger partial charge < -0.3 is 25.9 Å². The fourth-order valence-corrected chi connectivity index (χ4v) is 2.05. The van der Waals surface area contributed by atoms with E-state index in [9.17, 15) is 9.90 Å². The Labute approximate surface area is 93.9 Å². The number of hydrogen-bond acceptors (Lipinski definition) is 4. The molecular formula is C11H15N3O2. The summed E-state index contributed by atoms with van der Waals surface area (Å²) >= 11 is 0. The second-order valence-electron chi connectivity index (χ2n) is 3.88. The van der Waals surface area contributed by atoms with Crippen molar-refractivity contribution in [2.45, 2.75) is 0 Å². The van der Waals surface area contributed by atoms with Crippen LogP contribution in [0.1, 0.15) is 10.4 Å².